The third-order valence-electron chi connectivity index (χ3n) is 11.6. The van der Waals surface area contributed by atoms with Crippen LogP contribution in [0.15, 0.2) is 0 Å². The summed E-state index contributed by atoms with van der Waals surface area (Å²) >= 11 is 0. The average molecular weight is 540 g/mol. The predicted octanol–water partition coefficient (Wildman–Crippen LogP) is 2.88. The molecule has 4 aliphatic carbocycles. The fraction of sp³-hybridized carbons (Fsp3) is 0.931. The van der Waals surface area contributed by atoms with Crippen LogP contribution in [0, 0.1) is 46.3 Å². The molecule has 38 heavy (non-hydrogen) atoms. The molecule has 0 aromatic rings. The molecular formula is C29H49NO8. The first-order valence-electron chi connectivity index (χ1n) is 14.7. The zero-order valence-electron chi connectivity index (χ0n) is 23.3. The second-order valence-electron chi connectivity index (χ2n) is 13.2. The molecule has 0 radical (unpaired) electrons. The number of hydrogen-bond acceptors (Lipinski definition) is 7. The number of ether oxygens (including phenoxy) is 1. The van der Waals surface area contributed by atoms with Crippen LogP contribution in [0.5, 0.6) is 0 Å². The highest BCUT2D eigenvalue weighted by molar-refractivity contribution is 5.68. The number of carboxylic acids is 1. The van der Waals surface area contributed by atoms with E-state index in [0.29, 0.717) is 25.7 Å². The van der Waals surface area contributed by atoms with Crippen molar-refractivity contribution in [1.29, 1.82) is 0 Å². The van der Waals surface area contributed by atoms with Gasteiger partial charge in [0.1, 0.15) is 6.10 Å². The van der Waals surface area contributed by atoms with Gasteiger partial charge in [0.2, 0.25) is 0 Å². The van der Waals surface area contributed by atoms with Crippen LogP contribution in [0.4, 0.5) is 4.79 Å². The molecule has 4 rings (SSSR count). The van der Waals surface area contributed by atoms with Gasteiger partial charge >= 0.3 is 12.1 Å². The SMILES string of the molecule is CC(CCC(=O)O)C1CC[C@H]2C3C(O)C[C@H]4C[C@@H](OC(=O)N(CCO)CCO)CCC4(C)C3CC(O)C12C. The molecule has 0 saturated heterocycles. The number of nitrogens with zero attached hydrogens (tertiary/aromatic N) is 1. The van der Waals surface area contributed by atoms with Gasteiger partial charge in [-0.25, -0.2) is 4.79 Å². The van der Waals surface area contributed by atoms with Crippen molar-refractivity contribution >= 4 is 12.1 Å². The average Bonchev–Trinajstić information content (AvgIpc) is 3.22. The number of carbonyl (C=O) groups is 2. The third-order valence-corrected chi connectivity index (χ3v) is 11.6. The maximum absolute atomic E-state index is 12.7. The van der Waals surface area contributed by atoms with E-state index in [9.17, 15) is 35.1 Å². The van der Waals surface area contributed by atoms with Crippen LogP contribution in [0.25, 0.3) is 0 Å². The second kappa shape index (κ2) is 11.6. The summed E-state index contributed by atoms with van der Waals surface area (Å²) in [5.41, 5.74) is -0.378. The first kappa shape index (κ1) is 29.6. The summed E-state index contributed by atoms with van der Waals surface area (Å²) in [6.45, 7) is 6.46. The van der Waals surface area contributed by atoms with E-state index in [4.69, 9.17) is 4.74 Å². The highest BCUT2D eigenvalue weighted by Crippen LogP contribution is 2.68. The highest BCUT2D eigenvalue weighted by atomic mass is 16.6. The van der Waals surface area contributed by atoms with Gasteiger partial charge in [-0.05, 0) is 97.7 Å². The first-order chi connectivity index (χ1) is 18.0. The fourth-order valence-corrected chi connectivity index (χ4v) is 9.53. The van der Waals surface area contributed by atoms with Crippen molar-refractivity contribution in [1.82, 2.24) is 4.90 Å². The molecule has 4 saturated carbocycles. The Hall–Kier alpha value is -1.42. The summed E-state index contributed by atoms with van der Waals surface area (Å²) in [4.78, 5) is 25.2. The van der Waals surface area contributed by atoms with Crippen LogP contribution >= 0.6 is 0 Å². The maximum Gasteiger partial charge on any atom is 0.410 e. The quantitative estimate of drug-likeness (QED) is 0.300. The van der Waals surface area contributed by atoms with Crippen LogP contribution < -0.4 is 0 Å². The molecule has 11 atom stereocenters. The van der Waals surface area contributed by atoms with Gasteiger partial charge in [0, 0.05) is 19.5 Å². The van der Waals surface area contributed by atoms with Crippen molar-refractivity contribution in [2.45, 2.75) is 96.9 Å². The Morgan fingerprint density at radius 3 is 2.32 bits per heavy atom. The Bertz CT molecular complexity index is 848. The number of carboxylic acid groups (broad SMARTS) is 1. The molecule has 0 aliphatic heterocycles. The monoisotopic (exact) mass is 539 g/mol. The molecule has 4 aliphatic rings. The number of fused-ring (bicyclic) bond motifs is 5. The van der Waals surface area contributed by atoms with Crippen LogP contribution in [0.2, 0.25) is 0 Å². The van der Waals surface area contributed by atoms with Gasteiger partial charge in [-0.3, -0.25) is 4.79 Å². The molecule has 0 spiro atoms. The Balaban J connectivity index is 1.48. The molecule has 5 N–H and O–H groups in total. The van der Waals surface area contributed by atoms with Crippen LogP contribution in [-0.4, -0.2) is 87.1 Å². The van der Waals surface area contributed by atoms with Gasteiger partial charge in [0.15, 0.2) is 0 Å². The number of hydrogen-bond donors (Lipinski definition) is 5. The minimum Gasteiger partial charge on any atom is -0.481 e. The molecule has 0 heterocycles. The minimum absolute atomic E-state index is 0.0575. The topological polar surface area (TPSA) is 148 Å². The van der Waals surface area contributed by atoms with Gasteiger partial charge < -0.3 is 35.2 Å². The van der Waals surface area contributed by atoms with E-state index in [-0.39, 0.29) is 85.2 Å². The number of amides is 1. The number of aliphatic hydroxyl groups is 4. The van der Waals surface area contributed by atoms with Crippen molar-refractivity contribution in [2.24, 2.45) is 46.3 Å². The van der Waals surface area contributed by atoms with Crippen LogP contribution in [0.3, 0.4) is 0 Å². The maximum atomic E-state index is 12.7. The van der Waals surface area contributed by atoms with Gasteiger partial charge in [-0.2, -0.15) is 0 Å². The third kappa shape index (κ3) is 5.20. The van der Waals surface area contributed by atoms with Gasteiger partial charge in [0.05, 0.1) is 25.4 Å². The lowest BCUT2D eigenvalue weighted by Gasteiger charge is -2.63. The van der Waals surface area contributed by atoms with E-state index in [1.54, 1.807) is 0 Å². The summed E-state index contributed by atoms with van der Waals surface area (Å²) < 4.78 is 5.80. The molecule has 1 amide bonds. The van der Waals surface area contributed by atoms with Gasteiger partial charge in [-0.15, -0.1) is 0 Å². The Kier molecular flexibility index (Phi) is 9.02. The minimum atomic E-state index is -0.779. The molecule has 9 heteroatoms. The Morgan fingerprint density at radius 2 is 1.68 bits per heavy atom. The summed E-state index contributed by atoms with van der Waals surface area (Å²) in [5.74, 6) is 0.367. The zero-order valence-corrected chi connectivity index (χ0v) is 23.3. The number of aliphatic carboxylic acids is 1. The van der Waals surface area contributed by atoms with Crippen molar-refractivity contribution < 1.29 is 39.9 Å². The molecule has 9 nitrogen and oxygen atoms in total. The number of carbonyl (C=O) groups excluding carboxylic acids is 1. The van der Waals surface area contributed by atoms with Gasteiger partial charge in [0.25, 0.3) is 0 Å². The van der Waals surface area contributed by atoms with Crippen molar-refractivity contribution in [3.8, 4) is 0 Å². The Morgan fingerprint density at radius 1 is 1.00 bits per heavy atom. The van der Waals surface area contributed by atoms with Crippen molar-refractivity contribution in [3.05, 3.63) is 0 Å². The molecule has 8 unspecified atom stereocenters. The molecule has 0 aromatic heterocycles. The largest absolute Gasteiger partial charge is 0.481 e. The lowest BCUT2D eigenvalue weighted by atomic mass is 9.43. The molecule has 0 bridgehead atoms. The van der Waals surface area contributed by atoms with Crippen LogP contribution in [0.1, 0.15) is 78.6 Å². The summed E-state index contributed by atoms with van der Waals surface area (Å²) in [5, 5.41) is 50.9. The Labute approximate surface area is 226 Å². The lowest BCUT2D eigenvalue weighted by Crippen LogP contribution is -2.62. The molecule has 4 fully saturated rings. The second-order valence-corrected chi connectivity index (χ2v) is 13.2. The van der Waals surface area contributed by atoms with E-state index in [0.717, 1.165) is 25.7 Å². The molecular weight excluding hydrogens is 490 g/mol. The number of rotatable bonds is 9. The highest BCUT2D eigenvalue weighted by Gasteiger charge is 2.65. The normalized spacial score (nSPS) is 42.9. The lowest BCUT2D eigenvalue weighted by molar-refractivity contribution is -0.207. The first-order valence-corrected chi connectivity index (χ1v) is 14.7. The predicted molar refractivity (Wildman–Crippen MR) is 140 cm³/mol. The van der Waals surface area contributed by atoms with Gasteiger partial charge in [-0.1, -0.05) is 20.8 Å². The summed E-state index contributed by atoms with van der Waals surface area (Å²) in [7, 11) is 0. The standard InChI is InChI=1S/C29H49NO8/c1-17(4-7-25(35)36)20-5-6-21-26-22(16-24(34)29(20,21)3)28(2)9-8-19(14-18(28)15-23(26)33)38-27(37)30(10-12-31)11-13-32/h17-24,26,31-34H,4-16H2,1-3H3,(H,35,36)/t17?,18-,19+,20?,21+,22?,23?,24?,26?,28?,29?/m1/s1. The van der Waals surface area contributed by atoms with E-state index >= 15 is 0 Å². The van der Waals surface area contributed by atoms with Crippen molar-refractivity contribution in [3.63, 3.8) is 0 Å². The van der Waals surface area contributed by atoms with E-state index in [2.05, 4.69) is 20.8 Å². The van der Waals surface area contributed by atoms with E-state index < -0.39 is 24.3 Å². The summed E-state index contributed by atoms with van der Waals surface area (Å²) in [6.07, 6.45) is 4.48. The zero-order chi connectivity index (χ0) is 27.8. The van der Waals surface area contributed by atoms with E-state index in [1.165, 1.54) is 4.90 Å². The smallest absolute Gasteiger partial charge is 0.410 e. The summed E-state index contributed by atoms with van der Waals surface area (Å²) in [6, 6.07) is 0. The van der Waals surface area contributed by atoms with E-state index in [1.807, 2.05) is 0 Å². The van der Waals surface area contributed by atoms with Crippen LogP contribution in [-0.2, 0) is 9.53 Å². The van der Waals surface area contributed by atoms with Crippen molar-refractivity contribution in [2.75, 3.05) is 26.3 Å². The number of aliphatic hydroxyl groups excluding tert-OH is 4. The fourth-order valence-electron chi connectivity index (χ4n) is 9.53. The molecule has 0 aromatic carbocycles. The molecule has 218 valence electrons.